The third-order valence-corrected chi connectivity index (χ3v) is 3.12. The Morgan fingerprint density at radius 2 is 2.05 bits per heavy atom. The number of amides is 1. The highest BCUT2D eigenvalue weighted by molar-refractivity contribution is 9.10. The van der Waals surface area contributed by atoms with Gasteiger partial charge in [0.2, 0.25) is 5.91 Å². The van der Waals surface area contributed by atoms with Gasteiger partial charge in [0, 0.05) is 16.6 Å². The molecule has 0 bridgehead atoms. The lowest BCUT2D eigenvalue weighted by atomic mass is 10.1. The predicted octanol–water partition coefficient (Wildman–Crippen LogP) is 3.30. The number of primary amides is 1. The van der Waals surface area contributed by atoms with Crippen LogP contribution in [0.3, 0.4) is 0 Å². The molecular weight excluding hydrogens is 311 g/mol. The van der Waals surface area contributed by atoms with Gasteiger partial charge in [-0.15, -0.1) is 0 Å². The van der Waals surface area contributed by atoms with Crippen LogP contribution in [0.2, 0.25) is 0 Å². The molecule has 19 heavy (non-hydrogen) atoms. The molecule has 0 aromatic heterocycles. The van der Waals surface area contributed by atoms with Gasteiger partial charge in [-0.2, -0.15) is 0 Å². The summed E-state index contributed by atoms with van der Waals surface area (Å²) in [4.78, 5) is 11.0. The Morgan fingerprint density at radius 3 is 2.74 bits per heavy atom. The zero-order valence-corrected chi connectivity index (χ0v) is 11.6. The van der Waals surface area contributed by atoms with Gasteiger partial charge in [0.05, 0.1) is 5.69 Å². The normalized spacial score (nSPS) is 10.2. The summed E-state index contributed by atoms with van der Waals surface area (Å²) >= 11 is 3.37. The lowest BCUT2D eigenvalue weighted by molar-refractivity contribution is 0.100. The maximum absolute atomic E-state index is 13.6. The first-order valence-corrected chi connectivity index (χ1v) is 6.43. The van der Waals surface area contributed by atoms with Crippen LogP contribution in [-0.4, -0.2) is 5.91 Å². The van der Waals surface area contributed by atoms with Crippen molar-refractivity contribution in [2.75, 3.05) is 5.32 Å². The molecule has 0 unspecified atom stereocenters. The van der Waals surface area contributed by atoms with Crippen molar-refractivity contribution in [3.05, 3.63) is 63.9 Å². The molecule has 2 aromatic carbocycles. The third kappa shape index (κ3) is 3.54. The van der Waals surface area contributed by atoms with E-state index >= 15 is 0 Å². The molecule has 3 nitrogen and oxygen atoms in total. The van der Waals surface area contributed by atoms with E-state index in [4.69, 9.17) is 5.73 Å². The number of nitrogens with one attached hydrogen (secondary N) is 1. The second kappa shape index (κ2) is 5.84. The summed E-state index contributed by atoms with van der Waals surface area (Å²) in [5.74, 6) is -0.995. The van der Waals surface area contributed by atoms with Crippen molar-refractivity contribution in [1.82, 2.24) is 0 Å². The quantitative estimate of drug-likeness (QED) is 0.907. The van der Waals surface area contributed by atoms with Crippen LogP contribution >= 0.6 is 15.9 Å². The highest BCUT2D eigenvalue weighted by Crippen LogP contribution is 2.18. The van der Waals surface area contributed by atoms with E-state index in [2.05, 4.69) is 21.2 Å². The Labute approximate surface area is 118 Å². The molecule has 0 atom stereocenters. The SMILES string of the molecule is NC(=O)c1ccc(F)c(NCc2cccc(Br)c2)c1. The molecule has 0 aliphatic carbocycles. The largest absolute Gasteiger partial charge is 0.379 e. The summed E-state index contributed by atoms with van der Waals surface area (Å²) < 4.78 is 14.5. The molecule has 0 fully saturated rings. The van der Waals surface area contributed by atoms with Gasteiger partial charge < -0.3 is 11.1 Å². The summed E-state index contributed by atoms with van der Waals surface area (Å²) in [7, 11) is 0. The molecule has 0 aliphatic heterocycles. The van der Waals surface area contributed by atoms with Crippen molar-refractivity contribution in [2.45, 2.75) is 6.54 Å². The van der Waals surface area contributed by atoms with Crippen LogP contribution in [0, 0.1) is 5.82 Å². The topological polar surface area (TPSA) is 55.1 Å². The number of carbonyl (C=O) groups excluding carboxylic acids is 1. The Morgan fingerprint density at radius 1 is 1.26 bits per heavy atom. The van der Waals surface area contributed by atoms with Crippen molar-refractivity contribution in [1.29, 1.82) is 0 Å². The molecule has 5 heteroatoms. The summed E-state index contributed by atoms with van der Waals surface area (Å²) in [5, 5.41) is 2.95. The van der Waals surface area contributed by atoms with Gasteiger partial charge in [0.15, 0.2) is 0 Å². The summed E-state index contributed by atoms with van der Waals surface area (Å²) in [6.07, 6.45) is 0. The van der Waals surface area contributed by atoms with E-state index in [-0.39, 0.29) is 11.3 Å². The maximum Gasteiger partial charge on any atom is 0.248 e. The minimum atomic E-state index is -0.578. The molecule has 98 valence electrons. The van der Waals surface area contributed by atoms with Gasteiger partial charge in [-0.3, -0.25) is 4.79 Å². The molecule has 0 aliphatic rings. The zero-order chi connectivity index (χ0) is 13.8. The van der Waals surface area contributed by atoms with E-state index in [1.165, 1.54) is 18.2 Å². The first-order valence-electron chi connectivity index (χ1n) is 5.64. The zero-order valence-electron chi connectivity index (χ0n) is 9.99. The third-order valence-electron chi connectivity index (χ3n) is 2.62. The molecule has 0 saturated heterocycles. The van der Waals surface area contributed by atoms with Crippen LogP contribution in [-0.2, 0) is 6.54 Å². The number of carbonyl (C=O) groups is 1. The highest BCUT2D eigenvalue weighted by atomic mass is 79.9. The average Bonchev–Trinajstić information content (AvgIpc) is 2.37. The lowest BCUT2D eigenvalue weighted by Gasteiger charge is -2.09. The van der Waals surface area contributed by atoms with Gasteiger partial charge in [-0.05, 0) is 35.9 Å². The second-order valence-electron chi connectivity index (χ2n) is 4.04. The van der Waals surface area contributed by atoms with Crippen LogP contribution in [0.15, 0.2) is 46.9 Å². The minimum Gasteiger partial charge on any atom is -0.379 e. The van der Waals surface area contributed by atoms with Gasteiger partial charge in [0.1, 0.15) is 5.82 Å². The van der Waals surface area contributed by atoms with E-state index in [1.54, 1.807) is 0 Å². The van der Waals surface area contributed by atoms with Crippen LogP contribution in [0.5, 0.6) is 0 Å². The fourth-order valence-electron chi connectivity index (χ4n) is 1.66. The Hall–Kier alpha value is -1.88. The average molecular weight is 323 g/mol. The standard InChI is InChI=1S/C14H12BrFN2O/c15-11-3-1-2-9(6-11)8-18-13-7-10(14(17)19)4-5-12(13)16/h1-7,18H,8H2,(H2,17,19). The molecule has 0 radical (unpaired) electrons. The van der Waals surface area contributed by atoms with Gasteiger partial charge in [-0.1, -0.05) is 28.1 Å². The van der Waals surface area contributed by atoms with Crippen LogP contribution < -0.4 is 11.1 Å². The maximum atomic E-state index is 13.6. The molecule has 0 spiro atoms. The van der Waals surface area contributed by atoms with Crippen molar-refractivity contribution >= 4 is 27.5 Å². The van der Waals surface area contributed by atoms with Crippen molar-refractivity contribution in [2.24, 2.45) is 5.73 Å². The fourth-order valence-corrected chi connectivity index (χ4v) is 2.10. The Kier molecular flexibility index (Phi) is 4.16. The van der Waals surface area contributed by atoms with Gasteiger partial charge >= 0.3 is 0 Å². The Bertz CT molecular complexity index is 616. The first-order chi connectivity index (χ1) is 9.06. The number of halogens is 2. The van der Waals surface area contributed by atoms with Crippen molar-refractivity contribution in [3.8, 4) is 0 Å². The number of hydrogen-bond acceptors (Lipinski definition) is 2. The predicted molar refractivity (Wildman–Crippen MR) is 76.4 cm³/mol. The second-order valence-corrected chi connectivity index (χ2v) is 4.96. The molecule has 2 rings (SSSR count). The minimum absolute atomic E-state index is 0.260. The van der Waals surface area contributed by atoms with Crippen LogP contribution in [0.4, 0.5) is 10.1 Å². The van der Waals surface area contributed by atoms with Crippen molar-refractivity contribution in [3.63, 3.8) is 0 Å². The number of benzene rings is 2. The van der Waals surface area contributed by atoms with Crippen LogP contribution in [0.25, 0.3) is 0 Å². The first kappa shape index (κ1) is 13.5. The monoisotopic (exact) mass is 322 g/mol. The van der Waals surface area contributed by atoms with E-state index < -0.39 is 11.7 Å². The van der Waals surface area contributed by atoms with E-state index in [1.807, 2.05) is 24.3 Å². The summed E-state index contributed by atoms with van der Waals surface area (Å²) in [6, 6.07) is 11.7. The summed E-state index contributed by atoms with van der Waals surface area (Å²) in [6.45, 7) is 0.457. The van der Waals surface area contributed by atoms with Crippen LogP contribution in [0.1, 0.15) is 15.9 Å². The van der Waals surface area contributed by atoms with Gasteiger partial charge in [0.25, 0.3) is 0 Å². The van der Waals surface area contributed by atoms with Crippen molar-refractivity contribution < 1.29 is 9.18 Å². The number of nitrogens with two attached hydrogens (primary N) is 1. The number of rotatable bonds is 4. The van der Waals surface area contributed by atoms with E-state index in [9.17, 15) is 9.18 Å². The Balaban J connectivity index is 2.15. The smallest absolute Gasteiger partial charge is 0.248 e. The molecule has 2 aromatic rings. The van der Waals surface area contributed by atoms with Gasteiger partial charge in [-0.25, -0.2) is 4.39 Å². The van der Waals surface area contributed by atoms with E-state index in [0.717, 1.165) is 10.0 Å². The number of hydrogen-bond donors (Lipinski definition) is 2. The number of anilines is 1. The molecule has 0 heterocycles. The fraction of sp³-hybridized carbons (Fsp3) is 0.0714. The summed E-state index contributed by atoms with van der Waals surface area (Å²) in [5.41, 5.74) is 6.70. The molecule has 0 saturated carbocycles. The lowest BCUT2D eigenvalue weighted by Crippen LogP contribution is -2.12. The highest BCUT2D eigenvalue weighted by Gasteiger charge is 2.06. The molecular formula is C14H12BrFN2O. The molecule has 1 amide bonds. The van der Waals surface area contributed by atoms with E-state index in [0.29, 0.717) is 6.54 Å². The molecule has 3 N–H and O–H groups in total.